The van der Waals surface area contributed by atoms with Crippen LogP contribution in [0.2, 0.25) is 0 Å². The quantitative estimate of drug-likeness (QED) is 0.730. The molecule has 2 aliphatic rings. The molecule has 14 heavy (non-hydrogen) atoms. The van der Waals surface area contributed by atoms with Crippen molar-refractivity contribution in [3.63, 3.8) is 0 Å². The van der Waals surface area contributed by atoms with E-state index >= 15 is 0 Å². The number of nitrogens with two attached hydrogens (primary N) is 1. The lowest BCUT2D eigenvalue weighted by atomic mass is 10.0. The summed E-state index contributed by atoms with van der Waals surface area (Å²) >= 11 is 0. The van der Waals surface area contributed by atoms with Crippen LogP contribution < -0.4 is 5.73 Å². The smallest absolute Gasteiger partial charge is 0.0621 e. The third-order valence-electron chi connectivity index (χ3n) is 3.69. The lowest BCUT2D eigenvalue weighted by Crippen LogP contribution is -2.40. The van der Waals surface area contributed by atoms with E-state index in [0.29, 0.717) is 5.92 Å². The Hall–Kier alpha value is -0.120. The maximum absolute atomic E-state index is 5.99. The van der Waals surface area contributed by atoms with E-state index in [2.05, 4.69) is 11.8 Å². The Balaban J connectivity index is 1.83. The summed E-state index contributed by atoms with van der Waals surface area (Å²) in [6, 6.07) is 1.08. The Kier molecular flexibility index (Phi) is 3.42. The molecule has 3 unspecified atom stereocenters. The molecule has 3 nitrogen and oxygen atoms in total. The van der Waals surface area contributed by atoms with Gasteiger partial charge in [0.25, 0.3) is 0 Å². The zero-order valence-corrected chi connectivity index (χ0v) is 9.11. The third kappa shape index (κ3) is 2.10. The minimum absolute atomic E-state index is 0.271. The van der Waals surface area contributed by atoms with Crippen LogP contribution in [0, 0.1) is 5.92 Å². The van der Waals surface area contributed by atoms with E-state index in [9.17, 15) is 0 Å². The van der Waals surface area contributed by atoms with Gasteiger partial charge in [-0.05, 0) is 25.8 Å². The predicted octanol–water partition coefficient (Wildman–Crippen LogP) is 0.835. The van der Waals surface area contributed by atoms with Crippen molar-refractivity contribution >= 4 is 0 Å². The minimum Gasteiger partial charge on any atom is -0.379 e. The van der Waals surface area contributed by atoms with Crippen LogP contribution in [0.15, 0.2) is 0 Å². The van der Waals surface area contributed by atoms with Gasteiger partial charge in [-0.2, -0.15) is 0 Å². The Bertz CT molecular complexity index is 186. The molecule has 2 fully saturated rings. The maximum Gasteiger partial charge on any atom is 0.0621 e. The molecule has 0 spiro atoms. The molecule has 82 valence electrons. The average Bonchev–Trinajstić information content (AvgIpc) is 2.77. The molecule has 0 saturated carbocycles. The molecule has 0 aromatic rings. The van der Waals surface area contributed by atoms with E-state index in [1.165, 1.54) is 25.8 Å². The molecule has 3 heteroatoms. The van der Waals surface area contributed by atoms with E-state index < -0.39 is 0 Å². The summed E-state index contributed by atoms with van der Waals surface area (Å²) in [7, 11) is 0. The molecule has 2 aliphatic heterocycles. The fourth-order valence-electron chi connectivity index (χ4n) is 2.70. The van der Waals surface area contributed by atoms with Gasteiger partial charge in [-0.15, -0.1) is 0 Å². The summed E-state index contributed by atoms with van der Waals surface area (Å²) in [4.78, 5) is 2.61. The highest BCUT2D eigenvalue weighted by atomic mass is 16.5. The maximum atomic E-state index is 5.99. The van der Waals surface area contributed by atoms with Crippen molar-refractivity contribution in [2.24, 2.45) is 11.7 Å². The zero-order valence-electron chi connectivity index (χ0n) is 9.11. The van der Waals surface area contributed by atoms with Crippen molar-refractivity contribution in [2.45, 2.75) is 38.3 Å². The van der Waals surface area contributed by atoms with Crippen LogP contribution in [0.1, 0.15) is 26.2 Å². The fraction of sp³-hybridized carbons (Fsp3) is 1.00. The fourth-order valence-corrected chi connectivity index (χ4v) is 2.70. The first-order valence-corrected chi connectivity index (χ1v) is 5.88. The van der Waals surface area contributed by atoms with Crippen molar-refractivity contribution in [3.8, 4) is 0 Å². The predicted molar refractivity (Wildman–Crippen MR) is 57.2 cm³/mol. The monoisotopic (exact) mass is 198 g/mol. The third-order valence-corrected chi connectivity index (χ3v) is 3.69. The molecule has 0 aromatic heterocycles. The van der Waals surface area contributed by atoms with Crippen LogP contribution >= 0.6 is 0 Å². The number of rotatable bonds is 3. The molecule has 2 N–H and O–H groups in total. The van der Waals surface area contributed by atoms with Gasteiger partial charge in [0.05, 0.1) is 13.2 Å². The van der Waals surface area contributed by atoms with Gasteiger partial charge >= 0.3 is 0 Å². The summed E-state index contributed by atoms with van der Waals surface area (Å²) < 4.78 is 5.40. The molecule has 0 aliphatic carbocycles. The van der Waals surface area contributed by atoms with Gasteiger partial charge in [-0.1, -0.05) is 6.92 Å². The van der Waals surface area contributed by atoms with E-state index in [1.54, 1.807) is 0 Å². The van der Waals surface area contributed by atoms with Crippen LogP contribution in [-0.2, 0) is 4.74 Å². The second-order valence-electron chi connectivity index (χ2n) is 4.66. The minimum atomic E-state index is 0.271. The van der Waals surface area contributed by atoms with Crippen molar-refractivity contribution in [2.75, 3.05) is 26.3 Å². The topological polar surface area (TPSA) is 38.5 Å². The SMILES string of the molecule is CCC1CCCN1CC1COCC1N. The van der Waals surface area contributed by atoms with Crippen LogP contribution in [0.4, 0.5) is 0 Å². The van der Waals surface area contributed by atoms with E-state index in [0.717, 1.165) is 25.8 Å². The van der Waals surface area contributed by atoms with Gasteiger partial charge in [0, 0.05) is 24.5 Å². The van der Waals surface area contributed by atoms with Gasteiger partial charge in [-0.25, -0.2) is 0 Å². The van der Waals surface area contributed by atoms with Gasteiger partial charge in [0.15, 0.2) is 0 Å². The summed E-state index contributed by atoms with van der Waals surface area (Å²) in [5.41, 5.74) is 5.99. The van der Waals surface area contributed by atoms with Crippen LogP contribution in [-0.4, -0.2) is 43.3 Å². The van der Waals surface area contributed by atoms with E-state index in [4.69, 9.17) is 10.5 Å². The molecule has 0 bridgehead atoms. The highest BCUT2D eigenvalue weighted by Gasteiger charge is 2.30. The Morgan fingerprint density at radius 1 is 1.43 bits per heavy atom. The highest BCUT2D eigenvalue weighted by Crippen LogP contribution is 2.23. The average molecular weight is 198 g/mol. The Labute approximate surface area is 86.6 Å². The molecule has 3 atom stereocenters. The molecule has 2 rings (SSSR count). The summed E-state index contributed by atoms with van der Waals surface area (Å²) in [6.45, 7) is 6.33. The molecule has 2 heterocycles. The van der Waals surface area contributed by atoms with Crippen molar-refractivity contribution in [3.05, 3.63) is 0 Å². The Morgan fingerprint density at radius 2 is 2.29 bits per heavy atom. The standard InChI is InChI=1S/C11H22N2O/c1-2-10-4-3-5-13(10)6-9-7-14-8-11(9)12/h9-11H,2-8,12H2,1H3. The summed E-state index contributed by atoms with van der Waals surface area (Å²) in [5.74, 6) is 0.571. The number of ether oxygens (including phenoxy) is 1. The highest BCUT2D eigenvalue weighted by molar-refractivity contribution is 4.85. The Morgan fingerprint density at radius 3 is 2.93 bits per heavy atom. The van der Waals surface area contributed by atoms with E-state index in [1.807, 2.05) is 0 Å². The van der Waals surface area contributed by atoms with Gasteiger partial charge < -0.3 is 10.5 Å². The molecule has 2 saturated heterocycles. The lowest BCUT2D eigenvalue weighted by molar-refractivity contribution is 0.161. The first kappa shape index (κ1) is 10.4. The second kappa shape index (κ2) is 4.60. The molecular formula is C11H22N2O. The van der Waals surface area contributed by atoms with Crippen LogP contribution in [0.3, 0.4) is 0 Å². The number of likely N-dealkylation sites (tertiary alicyclic amines) is 1. The number of hydrogen-bond acceptors (Lipinski definition) is 3. The first-order valence-electron chi connectivity index (χ1n) is 5.88. The summed E-state index contributed by atoms with van der Waals surface area (Å²) in [5, 5.41) is 0. The van der Waals surface area contributed by atoms with Crippen LogP contribution in [0.25, 0.3) is 0 Å². The number of hydrogen-bond donors (Lipinski definition) is 1. The zero-order chi connectivity index (χ0) is 9.97. The van der Waals surface area contributed by atoms with Crippen molar-refractivity contribution in [1.82, 2.24) is 4.90 Å². The largest absolute Gasteiger partial charge is 0.379 e. The summed E-state index contributed by atoms with van der Waals surface area (Å²) in [6.07, 6.45) is 4.02. The van der Waals surface area contributed by atoms with Gasteiger partial charge in [-0.3, -0.25) is 4.90 Å². The van der Waals surface area contributed by atoms with E-state index in [-0.39, 0.29) is 6.04 Å². The lowest BCUT2D eigenvalue weighted by Gasteiger charge is -2.27. The van der Waals surface area contributed by atoms with Crippen LogP contribution in [0.5, 0.6) is 0 Å². The van der Waals surface area contributed by atoms with Crippen molar-refractivity contribution < 1.29 is 4.74 Å². The molecule has 0 amide bonds. The normalized spacial score (nSPS) is 39.4. The number of nitrogens with zero attached hydrogens (tertiary/aromatic N) is 1. The van der Waals surface area contributed by atoms with Gasteiger partial charge in [0.2, 0.25) is 0 Å². The molecular weight excluding hydrogens is 176 g/mol. The van der Waals surface area contributed by atoms with Gasteiger partial charge in [0.1, 0.15) is 0 Å². The first-order chi connectivity index (χ1) is 6.81. The second-order valence-corrected chi connectivity index (χ2v) is 4.66. The molecule has 0 radical (unpaired) electrons. The van der Waals surface area contributed by atoms with Crippen molar-refractivity contribution in [1.29, 1.82) is 0 Å². The molecule has 0 aromatic carbocycles.